The summed E-state index contributed by atoms with van der Waals surface area (Å²) in [6, 6.07) is 9.70. The van der Waals surface area contributed by atoms with E-state index in [0.717, 1.165) is 79.6 Å². The average Bonchev–Trinajstić information content (AvgIpc) is 3.78. The van der Waals surface area contributed by atoms with E-state index < -0.39 is 29.6 Å². The van der Waals surface area contributed by atoms with Crippen LogP contribution in [-0.2, 0) is 14.4 Å². The molecule has 2 aromatic heterocycles. The van der Waals surface area contributed by atoms with Crippen molar-refractivity contribution in [1.82, 2.24) is 35.3 Å². The Morgan fingerprint density at radius 2 is 1.64 bits per heavy atom. The molecule has 4 atom stereocenters. The van der Waals surface area contributed by atoms with Gasteiger partial charge in [0, 0.05) is 64.5 Å². The third-order valence-electron chi connectivity index (χ3n) is 11.1. The number of piperazine rings is 1. The number of aliphatic hydroxyl groups excluding tert-OH is 1. The number of anilines is 1. The molecule has 5 heterocycles. The van der Waals surface area contributed by atoms with Crippen LogP contribution in [0.25, 0.3) is 10.4 Å². The predicted octanol–water partition coefficient (Wildman–Crippen LogP) is 3.17. The minimum absolute atomic E-state index is 0.0189. The zero-order valence-electron chi connectivity index (χ0n) is 32.4. The molecule has 3 fully saturated rings. The number of carboxylic acids is 1. The van der Waals surface area contributed by atoms with E-state index in [-0.39, 0.29) is 48.8 Å². The van der Waals surface area contributed by atoms with Crippen LogP contribution in [0.2, 0.25) is 0 Å². The van der Waals surface area contributed by atoms with Crippen LogP contribution in [0.15, 0.2) is 48.1 Å². The Kier molecular flexibility index (Phi) is 12.5. The van der Waals surface area contributed by atoms with Gasteiger partial charge < -0.3 is 30.6 Å². The smallest absolute Gasteiger partial charge is 0.337 e. The molecule has 1 aromatic carbocycles. The van der Waals surface area contributed by atoms with Crippen molar-refractivity contribution >= 4 is 40.8 Å². The highest BCUT2D eigenvalue weighted by Crippen LogP contribution is 2.30. The van der Waals surface area contributed by atoms with E-state index in [0.29, 0.717) is 6.04 Å². The van der Waals surface area contributed by atoms with E-state index in [4.69, 9.17) is 5.11 Å². The maximum Gasteiger partial charge on any atom is 0.337 e. The van der Waals surface area contributed by atoms with Crippen LogP contribution in [0.1, 0.15) is 74.6 Å². The lowest BCUT2D eigenvalue weighted by Gasteiger charge is -2.43. The number of aromatic carboxylic acids is 1. The number of β-amino-alcohol motifs (C(OH)–C–C–N with tert-alkyl or cyclic N) is 1. The van der Waals surface area contributed by atoms with Gasteiger partial charge in [-0.05, 0) is 55.4 Å². The molecule has 15 heteroatoms. The highest BCUT2D eigenvalue weighted by molar-refractivity contribution is 7.13. The third-order valence-corrected chi connectivity index (χ3v) is 12.1. The number of thiazole rings is 1. The maximum atomic E-state index is 14.2. The highest BCUT2D eigenvalue weighted by Gasteiger charge is 2.45. The maximum absolute atomic E-state index is 14.2. The molecule has 3 aliphatic rings. The van der Waals surface area contributed by atoms with Crippen molar-refractivity contribution in [2.75, 3.05) is 57.3 Å². The van der Waals surface area contributed by atoms with Gasteiger partial charge in [0.2, 0.25) is 17.7 Å². The number of pyridine rings is 1. The number of carboxylic acid groups (broad SMARTS) is 1. The molecule has 0 saturated carbocycles. The van der Waals surface area contributed by atoms with E-state index in [1.165, 1.54) is 11.1 Å². The number of aliphatic hydroxyl groups is 1. The van der Waals surface area contributed by atoms with Crippen LogP contribution >= 0.6 is 11.3 Å². The first-order chi connectivity index (χ1) is 26.2. The number of aryl methyl sites for hydroxylation is 1. The van der Waals surface area contributed by atoms with Gasteiger partial charge >= 0.3 is 5.97 Å². The summed E-state index contributed by atoms with van der Waals surface area (Å²) < 4.78 is 0. The molecule has 0 aliphatic carbocycles. The van der Waals surface area contributed by atoms with Crippen molar-refractivity contribution in [3.05, 3.63) is 64.9 Å². The van der Waals surface area contributed by atoms with Gasteiger partial charge in [-0.2, -0.15) is 0 Å². The fourth-order valence-corrected chi connectivity index (χ4v) is 8.68. The third kappa shape index (κ3) is 9.69. The first kappa shape index (κ1) is 40.2. The van der Waals surface area contributed by atoms with Gasteiger partial charge in [-0.25, -0.2) is 14.8 Å². The van der Waals surface area contributed by atoms with Crippen LogP contribution < -0.4 is 15.5 Å². The summed E-state index contributed by atoms with van der Waals surface area (Å²) in [4.78, 5) is 70.5. The Balaban J connectivity index is 0.989. The monoisotopic (exact) mass is 774 g/mol. The number of benzene rings is 1. The van der Waals surface area contributed by atoms with Crippen LogP contribution in [-0.4, -0.2) is 135 Å². The van der Waals surface area contributed by atoms with Gasteiger partial charge in [0.25, 0.3) is 0 Å². The Morgan fingerprint density at radius 1 is 0.945 bits per heavy atom. The molecule has 0 radical (unpaired) electrons. The number of carbonyl (C=O) groups is 4. The van der Waals surface area contributed by atoms with Crippen molar-refractivity contribution in [2.45, 2.75) is 84.2 Å². The zero-order chi connectivity index (χ0) is 39.4. The van der Waals surface area contributed by atoms with Gasteiger partial charge in [-0.3, -0.25) is 24.2 Å². The molecular weight excluding hydrogens is 721 g/mol. The lowest BCUT2D eigenvalue weighted by molar-refractivity contribution is -0.144. The second-order valence-corrected chi connectivity index (χ2v) is 17.0. The number of amides is 3. The molecule has 4 N–H and O–H groups in total. The fraction of sp³-hybridized carbons (Fsp3) is 0.550. The molecule has 0 spiro atoms. The number of rotatable bonds is 11. The Hall–Kier alpha value is -4.44. The van der Waals surface area contributed by atoms with Gasteiger partial charge in [-0.15, -0.1) is 11.3 Å². The Labute approximate surface area is 326 Å². The minimum atomic E-state index is -0.985. The first-order valence-corrected chi connectivity index (χ1v) is 20.0. The molecule has 3 amide bonds. The van der Waals surface area contributed by atoms with E-state index in [9.17, 15) is 24.3 Å². The first-order valence-electron chi connectivity index (χ1n) is 19.2. The summed E-state index contributed by atoms with van der Waals surface area (Å²) in [5.74, 6) is -1.16. The average molecular weight is 775 g/mol. The molecule has 3 aliphatic heterocycles. The normalized spacial score (nSPS) is 21.3. The van der Waals surface area contributed by atoms with Crippen LogP contribution in [0.5, 0.6) is 0 Å². The number of likely N-dealkylation sites (tertiary alicyclic amines) is 1. The number of nitrogens with zero attached hydrogens (tertiary/aromatic N) is 6. The highest BCUT2D eigenvalue weighted by atomic mass is 32.1. The topological polar surface area (TPSA) is 172 Å². The fourth-order valence-electron chi connectivity index (χ4n) is 7.87. The SMILES string of the molecule is Cc1ncsc1-c1ccc([C@H](C)NC(=O)[C@@H]2C[C@@H](O)CN2C(=O)[C@@H](NC(=O)CN2CCN(C3CCN(c4ccc(C(=O)O)cn4)CC3)CC2)C(C)(C)C)cc1. The largest absolute Gasteiger partial charge is 0.478 e. The van der Waals surface area contributed by atoms with E-state index in [1.54, 1.807) is 23.5 Å². The molecular formula is C40H54N8O6S. The quantitative estimate of drug-likeness (QED) is 0.226. The second-order valence-electron chi connectivity index (χ2n) is 16.1. The molecule has 14 nitrogen and oxygen atoms in total. The summed E-state index contributed by atoms with van der Waals surface area (Å²) in [6.07, 6.45) is 2.63. The summed E-state index contributed by atoms with van der Waals surface area (Å²) >= 11 is 1.58. The zero-order valence-corrected chi connectivity index (χ0v) is 33.2. The Bertz CT molecular complexity index is 1810. The van der Waals surface area contributed by atoms with Crippen LogP contribution in [0.4, 0.5) is 5.82 Å². The molecule has 3 saturated heterocycles. The molecule has 0 unspecified atom stereocenters. The standard InChI is InChI=1S/C40H54N8O6S/c1-25(27-6-8-28(9-7-27)35-26(2)42-24-55-35)43-37(51)32-20-31(49)22-48(32)38(52)36(40(3,4)5)44-34(50)23-45-16-18-46(19-17-45)30-12-14-47(15-13-30)33-11-10-29(21-41-33)39(53)54/h6-11,21,24-25,30-32,36,49H,12-20,22-23H2,1-5H3,(H,43,51)(H,44,50)(H,53,54)/t25-,31+,32-,36+/m0/s1. The van der Waals surface area contributed by atoms with Gasteiger partial charge in [0.05, 0.1) is 40.3 Å². The summed E-state index contributed by atoms with van der Waals surface area (Å²) in [5.41, 5.74) is 4.31. The number of carbonyl (C=O) groups excluding carboxylic acids is 3. The minimum Gasteiger partial charge on any atom is -0.478 e. The number of hydrogen-bond acceptors (Lipinski definition) is 11. The molecule has 6 rings (SSSR count). The summed E-state index contributed by atoms with van der Waals surface area (Å²) in [5, 5.41) is 25.9. The van der Waals surface area contributed by atoms with Gasteiger partial charge in [-0.1, -0.05) is 45.0 Å². The van der Waals surface area contributed by atoms with Crippen molar-refractivity contribution in [2.24, 2.45) is 5.41 Å². The van der Waals surface area contributed by atoms with E-state index in [1.807, 2.05) is 64.4 Å². The van der Waals surface area contributed by atoms with E-state index in [2.05, 4.69) is 35.3 Å². The molecule has 0 bridgehead atoms. The number of aromatic nitrogens is 2. The van der Waals surface area contributed by atoms with Crippen LogP contribution in [0.3, 0.4) is 0 Å². The van der Waals surface area contributed by atoms with Crippen molar-refractivity contribution < 1.29 is 29.4 Å². The molecule has 296 valence electrons. The predicted molar refractivity (Wildman–Crippen MR) is 211 cm³/mol. The Morgan fingerprint density at radius 3 is 2.22 bits per heavy atom. The van der Waals surface area contributed by atoms with Gasteiger partial charge in [0.15, 0.2) is 0 Å². The van der Waals surface area contributed by atoms with Crippen molar-refractivity contribution in [1.29, 1.82) is 0 Å². The molecule has 3 aromatic rings. The number of hydrogen-bond donors (Lipinski definition) is 4. The van der Waals surface area contributed by atoms with Crippen molar-refractivity contribution in [3.8, 4) is 10.4 Å². The summed E-state index contributed by atoms with van der Waals surface area (Å²) in [7, 11) is 0. The lowest BCUT2D eigenvalue weighted by atomic mass is 9.85. The number of piperidine rings is 1. The summed E-state index contributed by atoms with van der Waals surface area (Å²) in [6.45, 7) is 14.5. The number of nitrogens with one attached hydrogen (secondary N) is 2. The van der Waals surface area contributed by atoms with Gasteiger partial charge in [0.1, 0.15) is 17.9 Å². The lowest BCUT2D eigenvalue weighted by Crippen LogP contribution is -2.59. The second kappa shape index (κ2) is 17.1. The van der Waals surface area contributed by atoms with Crippen molar-refractivity contribution in [3.63, 3.8) is 0 Å². The van der Waals surface area contributed by atoms with Crippen LogP contribution in [0, 0.1) is 12.3 Å². The molecule has 55 heavy (non-hydrogen) atoms. The van der Waals surface area contributed by atoms with E-state index >= 15 is 0 Å².